The van der Waals surface area contributed by atoms with Gasteiger partial charge in [-0.2, -0.15) is 0 Å². The lowest BCUT2D eigenvalue weighted by molar-refractivity contribution is -0.113. The van der Waals surface area contributed by atoms with Crippen LogP contribution in [0.5, 0.6) is 0 Å². The summed E-state index contributed by atoms with van der Waals surface area (Å²) in [6.45, 7) is 7.73. The number of nitrogens with one attached hydrogen (secondary N) is 1. The van der Waals surface area contributed by atoms with Gasteiger partial charge in [0.05, 0.1) is 29.0 Å². The van der Waals surface area contributed by atoms with E-state index in [9.17, 15) is 4.79 Å². The van der Waals surface area contributed by atoms with Crippen molar-refractivity contribution in [3.8, 4) is 0 Å². The van der Waals surface area contributed by atoms with Crippen molar-refractivity contribution in [3.05, 3.63) is 54.1 Å². The Labute approximate surface area is 187 Å². The molecule has 1 amide bonds. The second kappa shape index (κ2) is 9.66. The molecule has 2 heterocycles. The molecule has 0 saturated carbocycles. The van der Waals surface area contributed by atoms with Gasteiger partial charge in [0.15, 0.2) is 5.82 Å². The molecule has 162 valence electrons. The summed E-state index contributed by atoms with van der Waals surface area (Å²) in [5, 5.41) is 3.82. The minimum Gasteiger partial charge on any atom is -0.372 e. The highest BCUT2D eigenvalue weighted by Gasteiger charge is 2.26. The predicted molar refractivity (Wildman–Crippen MR) is 127 cm³/mol. The molecule has 3 aromatic rings. The number of aryl methyl sites for hydroxylation is 1. The van der Waals surface area contributed by atoms with Gasteiger partial charge in [-0.15, -0.1) is 0 Å². The van der Waals surface area contributed by atoms with Gasteiger partial charge in [0.2, 0.25) is 5.91 Å². The lowest BCUT2D eigenvalue weighted by atomic mass is 10.1. The van der Waals surface area contributed by atoms with Crippen LogP contribution in [0.25, 0.3) is 11.0 Å². The van der Waals surface area contributed by atoms with Crippen LogP contribution in [0.3, 0.4) is 0 Å². The molecule has 2 aromatic carbocycles. The van der Waals surface area contributed by atoms with Crippen molar-refractivity contribution < 1.29 is 9.53 Å². The van der Waals surface area contributed by atoms with E-state index in [1.807, 2.05) is 48.5 Å². The van der Waals surface area contributed by atoms with Crippen LogP contribution in [-0.4, -0.2) is 46.9 Å². The zero-order valence-electron chi connectivity index (χ0n) is 18.2. The topological polar surface area (TPSA) is 67.4 Å². The Morgan fingerprint density at radius 3 is 2.42 bits per heavy atom. The molecule has 0 radical (unpaired) electrons. The van der Waals surface area contributed by atoms with Crippen LogP contribution < -0.4 is 10.2 Å². The molecule has 1 aromatic heterocycles. The first kappa shape index (κ1) is 21.6. The van der Waals surface area contributed by atoms with Crippen molar-refractivity contribution in [1.82, 2.24) is 9.97 Å². The lowest BCUT2D eigenvalue weighted by Crippen LogP contribution is -2.46. The number of anilines is 2. The average molecular weight is 437 g/mol. The third kappa shape index (κ3) is 5.17. The monoisotopic (exact) mass is 436 g/mol. The maximum atomic E-state index is 12.7. The van der Waals surface area contributed by atoms with Crippen LogP contribution in [0.1, 0.15) is 26.3 Å². The third-order valence-corrected chi connectivity index (χ3v) is 6.21. The van der Waals surface area contributed by atoms with E-state index >= 15 is 0 Å². The molecule has 0 bridgehead atoms. The number of nitrogens with zero attached hydrogens (tertiary/aromatic N) is 3. The van der Waals surface area contributed by atoms with Gasteiger partial charge in [-0.1, -0.05) is 49.0 Å². The van der Waals surface area contributed by atoms with E-state index in [0.717, 1.165) is 52.6 Å². The Hall–Kier alpha value is -2.64. The Balaban J connectivity index is 1.56. The number of amides is 1. The van der Waals surface area contributed by atoms with Crippen molar-refractivity contribution in [3.63, 3.8) is 0 Å². The van der Waals surface area contributed by atoms with Crippen molar-refractivity contribution in [2.24, 2.45) is 0 Å². The number of hydrogen-bond acceptors (Lipinski definition) is 6. The van der Waals surface area contributed by atoms with Gasteiger partial charge < -0.3 is 15.0 Å². The molecule has 4 rings (SSSR count). The van der Waals surface area contributed by atoms with E-state index in [1.165, 1.54) is 11.8 Å². The molecule has 6 nitrogen and oxygen atoms in total. The zero-order chi connectivity index (χ0) is 21.8. The van der Waals surface area contributed by atoms with Gasteiger partial charge in [-0.25, -0.2) is 9.97 Å². The summed E-state index contributed by atoms with van der Waals surface area (Å²) in [6, 6.07) is 15.8. The van der Waals surface area contributed by atoms with E-state index in [1.54, 1.807) is 0 Å². The summed E-state index contributed by atoms with van der Waals surface area (Å²) in [5.74, 6) is 1.05. The number of hydrogen-bond donors (Lipinski definition) is 1. The molecule has 0 aliphatic carbocycles. The number of carbonyl (C=O) groups excluding carboxylic acids is 1. The molecule has 2 atom stereocenters. The smallest absolute Gasteiger partial charge is 0.234 e. The number of benzene rings is 2. The fourth-order valence-corrected chi connectivity index (χ4v) is 4.71. The van der Waals surface area contributed by atoms with Crippen LogP contribution in [0.15, 0.2) is 53.6 Å². The van der Waals surface area contributed by atoms with Gasteiger partial charge in [0.1, 0.15) is 5.03 Å². The number of thioether (sulfide) groups is 1. The second-order valence-electron chi connectivity index (χ2n) is 7.85. The number of aromatic nitrogens is 2. The Morgan fingerprint density at radius 2 is 1.71 bits per heavy atom. The van der Waals surface area contributed by atoms with Gasteiger partial charge in [-0.05, 0) is 44.0 Å². The summed E-state index contributed by atoms with van der Waals surface area (Å²) < 4.78 is 5.89. The normalized spacial score (nSPS) is 18.9. The molecular weight excluding hydrogens is 408 g/mol. The summed E-state index contributed by atoms with van der Waals surface area (Å²) in [4.78, 5) is 24.7. The van der Waals surface area contributed by atoms with Gasteiger partial charge in [0, 0.05) is 18.8 Å². The number of fused-ring (bicyclic) bond motifs is 1. The van der Waals surface area contributed by atoms with Crippen molar-refractivity contribution in [2.75, 3.05) is 29.1 Å². The fourth-order valence-electron chi connectivity index (χ4n) is 3.90. The Kier molecular flexibility index (Phi) is 6.73. The van der Waals surface area contributed by atoms with Crippen LogP contribution in [0, 0.1) is 0 Å². The van der Waals surface area contributed by atoms with Gasteiger partial charge in [0.25, 0.3) is 0 Å². The zero-order valence-corrected chi connectivity index (χ0v) is 19.0. The van der Waals surface area contributed by atoms with E-state index in [2.05, 4.69) is 31.0 Å². The van der Waals surface area contributed by atoms with E-state index in [-0.39, 0.29) is 23.9 Å². The molecule has 1 N–H and O–H groups in total. The minimum absolute atomic E-state index is 0.0458. The molecule has 0 spiro atoms. The summed E-state index contributed by atoms with van der Waals surface area (Å²) in [7, 11) is 0. The van der Waals surface area contributed by atoms with E-state index < -0.39 is 0 Å². The maximum Gasteiger partial charge on any atom is 0.234 e. The fraction of sp³-hybridized carbons (Fsp3) is 0.375. The molecule has 1 saturated heterocycles. The molecule has 7 heteroatoms. The molecule has 1 aliphatic heterocycles. The number of rotatable bonds is 6. The predicted octanol–water partition coefficient (Wildman–Crippen LogP) is 4.54. The van der Waals surface area contributed by atoms with Gasteiger partial charge >= 0.3 is 0 Å². The van der Waals surface area contributed by atoms with Crippen LogP contribution >= 0.6 is 11.8 Å². The molecule has 31 heavy (non-hydrogen) atoms. The molecule has 1 aliphatic rings. The first-order chi connectivity index (χ1) is 15.0. The summed E-state index contributed by atoms with van der Waals surface area (Å²) in [5.41, 5.74) is 3.69. The molecule has 1 fully saturated rings. The Morgan fingerprint density at radius 1 is 1.06 bits per heavy atom. The number of ether oxygens (including phenoxy) is 1. The lowest BCUT2D eigenvalue weighted by Gasteiger charge is -2.36. The number of carbonyl (C=O) groups is 1. The largest absolute Gasteiger partial charge is 0.372 e. The SMILES string of the molecule is CCc1ccccc1NC(=O)CSc1nc2ccccc2nc1N1C[C@H](C)O[C@@H](C)C1. The van der Waals surface area contributed by atoms with Crippen molar-refractivity contribution >= 4 is 40.2 Å². The second-order valence-corrected chi connectivity index (χ2v) is 8.81. The van der Waals surface area contributed by atoms with Crippen LogP contribution in [0.2, 0.25) is 0 Å². The average Bonchev–Trinajstić information content (AvgIpc) is 2.76. The maximum absolute atomic E-state index is 12.7. The highest BCUT2D eigenvalue weighted by Crippen LogP contribution is 2.31. The van der Waals surface area contributed by atoms with Gasteiger partial charge in [-0.3, -0.25) is 4.79 Å². The molecular formula is C24H28N4O2S. The van der Waals surface area contributed by atoms with Crippen LogP contribution in [0.4, 0.5) is 11.5 Å². The third-order valence-electron chi connectivity index (χ3n) is 5.25. The molecule has 0 unspecified atom stereocenters. The summed E-state index contributed by atoms with van der Waals surface area (Å²) >= 11 is 1.43. The number of morpholine rings is 1. The van der Waals surface area contributed by atoms with E-state index in [0.29, 0.717) is 0 Å². The van der Waals surface area contributed by atoms with E-state index in [4.69, 9.17) is 14.7 Å². The highest BCUT2D eigenvalue weighted by molar-refractivity contribution is 8.00. The quantitative estimate of drug-likeness (QED) is 0.573. The first-order valence-corrected chi connectivity index (χ1v) is 11.7. The standard InChI is InChI=1S/C24H28N4O2S/c1-4-18-9-5-6-10-19(18)25-22(29)15-31-24-23(28-13-16(2)30-17(3)14-28)26-20-11-7-8-12-21(20)27-24/h5-12,16-17H,4,13-15H2,1-3H3,(H,25,29)/t16-,17-/m0/s1. The van der Waals surface area contributed by atoms with Crippen LogP contribution in [-0.2, 0) is 16.0 Å². The van der Waals surface area contributed by atoms with Crippen molar-refractivity contribution in [2.45, 2.75) is 44.4 Å². The number of para-hydroxylation sites is 3. The highest BCUT2D eigenvalue weighted by atomic mass is 32.2. The first-order valence-electron chi connectivity index (χ1n) is 10.7. The minimum atomic E-state index is -0.0458. The van der Waals surface area contributed by atoms with Crippen molar-refractivity contribution in [1.29, 1.82) is 0 Å². The Bertz CT molecular complexity index is 1060. The summed E-state index contributed by atoms with van der Waals surface area (Å²) in [6.07, 6.45) is 1.10.